The summed E-state index contributed by atoms with van der Waals surface area (Å²) < 4.78 is 0. The summed E-state index contributed by atoms with van der Waals surface area (Å²) in [7, 11) is 0. The summed E-state index contributed by atoms with van der Waals surface area (Å²) in [4.78, 5) is 18.7. The van der Waals surface area contributed by atoms with Crippen molar-refractivity contribution < 1.29 is 4.79 Å². The second-order valence-electron chi connectivity index (χ2n) is 5.60. The van der Waals surface area contributed by atoms with Crippen LogP contribution in [-0.4, -0.2) is 15.8 Å². The number of anilines is 1. The van der Waals surface area contributed by atoms with Gasteiger partial charge < -0.3 is 10.6 Å². The molecule has 2 N–H and O–H groups in total. The number of amides is 1. The lowest BCUT2D eigenvalue weighted by atomic mass is 10.1. The molecule has 1 amide bonds. The van der Waals surface area contributed by atoms with Crippen LogP contribution in [0.15, 0.2) is 79.0 Å². The monoisotopic (exact) mass is 317 g/mol. The second kappa shape index (κ2) is 7.42. The molecule has 2 aromatic carbocycles. The number of nitrogens with zero attached hydrogens (tertiary/aromatic N) is 2. The van der Waals surface area contributed by atoms with Crippen LogP contribution in [0.25, 0.3) is 0 Å². The molecule has 1 aromatic heterocycles. The molecule has 3 aromatic rings. The van der Waals surface area contributed by atoms with Crippen LogP contribution in [0.1, 0.15) is 21.5 Å². The highest BCUT2D eigenvalue weighted by Crippen LogP contribution is 2.15. The van der Waals surface area contributed by atoms with Crippen molar-refractivity contribution in [1.82, 2.24) is 9.88 Å². The zero-order valence-corrected chi connectivity index (χ0v) is 13.3. The van der Waals surface area contributed by atoms with Gasteiger partial charge in [-0.1, -0.05) is 60.7 Å². The molecule has 0 saturated carbocycles. The highest BCUT2D eigenvalue weighted by Gasteiger charge is 2.17. The Labute approximate surface area is 141 Å². The van der Waals surface area contributed by atoms with Gasteiger partial charge in [-0.25, -0.2) is 4.98 Å². The van der Waals surface area contributed by atoms with E-state index in [4.69, 9.17) is 5.73 Å². The number of carbonyl (C=O) groups is 1. The summed E-state index contributed by atoms with van der Waals surface area (Å²) >= 11 is 0. The Hall–Kier alpha value is -3.14. The lowest BCUT2D eigenvalue weighted by molar-refractivity contribution is 0.0730. The van der Waals surface area contributed by atoms with Crippen molar-refractivity contribution in [2.75, 3.05) is 5.73 Å². The van der Waals surface area contributed by atoms with Crippen molar-refractivity contribution in [2.45, 2.75) is 13.1 Å². The van der Waals surface area contributed by atoms with Crippen molar-refractivity contribution in [3.05, 3.63) is 95.7 Å². The quantitative estimate of drug-likeness (QED) is 0.783. The molecule has 24 heavy (non-hydrogen) atoms. The molecular weight excluding hydrogens is 298 g/mol. The first-order chi connectivity index (χ1) is 11.7. The smallest absolute Gasteiger partial charge is 0.254 e. The number of aromatic nitrogens is 1. The summed E-state index contributed by atoms with van der Waals surface area (Å²) in [5, 5.41) is 0. The first-order valence-electron chi connectivity index (χ1n) is 7.81. The fourth-order valence-corrected chi connectivity index (χ4v) is 2.57. The summed E-state index contributed by atoms with van der Waals surface area (Å²) in [6, 6.07) is 23.2. The Bertz CT molecular complexity index is 762. The molecule has 0 atom stereocenters. The van der Waals surface area contributed by atoms with E-state index in [1.807, 2.05) is 65.6 Å². The number of benzene rings is 2. The second-order valence-corrected chi connectivity index (χ2v) is 5.60. The number of nitrogens with two attached hydrogens (primary N) is 1. The van der Waals surface area contributed by atoms with E-state index in [1.165, 1.54) is 0 Å². The Morgan fingerprint density at radius 1 is 0.875 bits per heavy atom. The van der Waals surface area contributed by atoms with Gasteiger partial charge in [-0.15, -0.1) is 0 Å². The lowest BCUT2D eigenvalue weighted by Gasteiger charge is -2.23. The van der Waals surface area contributed by atoms with Crippen LogP contribution < -0.4 is 5.73 Å². The molecule has 0 radical (unpaired) electrons. The topological polar surface area (TPSA) is 59.2 Å². The maximum atomic E-state index is 12.9. The van der Waals surface area contributed by atoms with E-state index in [9.17, 15) is 4.79 Å². The standard InChI is InChI=1S/C20H19N3O/c21-19-13-18(11-12-22-19)20(24)23(14-16-7-3-1-4-8-16)15-17-9-5-2-6-10-17/h1-13H,14-15H2,(H2,21,22). The molecule has 0 saturated heterocycles. The van der Waals surface area contributed by atoms with Crippen molar-refractivity contribution in [1.29, 1.82) is 0 Å². The largest absolute Gasteiger partial charge is 0.384 e. The third-order valence-electron chi connectivity index (χ3n) is 3.75. The van der Waals surface area contributed by atoms with Gasteiger partial charge in [0.2, 0.25) is 0 Å². The van der Waals surface area contributed by atoms with Crippen LogP contribution in [-0.2, 0) is 13.1 Å². The highest BCUT2D eigenvalue weighted by molar-refractivity contribution is 5.94. The molecule has 0 fully saturated rings. The molecule has 0 spiro atoms. The molecule has 120 valence electrons. The van der Waals surface area contributed by atoms with E-state index in [0.717, 1.165) is 11.1 Å². The third-order valence-corrected chi connectivity index (χ3v) is 3.75. The van der Waals surface area contributed by atoms with E-state index in [-0.39, 0.29) is 5.91 Å². The van der Waals surface area contributed by atoms with Crippen LogP contribution in [0, 0.1) is 0 Å². The Kier molecular flexibility index (Phi) is 4.87. The molecule has 0 aliphatic rings. The number of hydrogen-bond donors (Lipinski definition) is 1. The Morgan fingerprint density at radius 3 is 1.92 bits per heavy atom. The number of pyridine rings is 1. The molecular formula is C20H19N3O. The highest BCUT2D eigenvalue weighted by atomic mass is 16.2. The summed E-state index contributed by atoms with van der Waals surface area (Å²) in [6.07, 6.45) is 1.56. The van der Waals surface area contributed by atoms with E-state index in [1.54, 1.807) is 18.3 Å². The Morgan fingerprint density at radius 2 is 1.42 bits per heavy atom. The van der Waals surface area contributed by atoms with Gasteiger partial charge >= 0.3 is 0 Å². The zero-order chi connectivity index (χ0) is 16.8. The maximum Gasteiger partial charge on any atom is 0.254 e. The SMILES string of the molecule is Nc1cc(C(=O)N(Cc2ccccc2)Cc2ccccc2)ccn1. The molecule has 0 aliphatic carbocycles. The number of hydrogen-bond acceptors (Lipinski definition) is 3. The predicted molar refractivity (Wildman–Crippen MR) is 95.1 cm³/mol. The normalized spacial score (nSPS) is 10.3. The van der Waals surface area contributed by atoms with Crippen LogP contribution in [0.3, 0.4) is 0 Å². The van der Waals surface area contributed by atoms with Crippen LogP contribution in [0.5, 0.6) is 0 Å². The van der Waals surface area contributed by atoms with E-state index >= 15 is 0 Å². The first-order valence-corrected chi connectivity index (χ1v) is 7.81. The maximum absolute atomic E-state index is 12.9. The van der Waals surface area contributed by atoms with Crippen LogP contribution >= 0.6 is 0 Å². The van der Waals surface area contributed by atoms with Gasteiger partial charge in [-0.05, 0) is 23.3 Å². The van der Waals surface area contributed by atoms with Gasteiger partial charge in [0.05, 0.1) is 0 Å². The average Bonchev–Trinajstić information content (AvgIpc) is 2.62. The number of rotatable bonds is 5. The summed E-state index contributed by atoms with van der Waals surface area (Å²) in [6.45, 7) is 1.08. The Balaban J connectivity index is 1.87. The molecule has 4 heteroatoms. The molecule has 0 bridgehead atoms. The number of carbonyl (C=O) groups excluding carboxylic acids is 1. The van der Waals surface area contributed by atoms with Gasteiger partial charge in [0.25, 0.3) is 5.91 Å². The fourth-order valence-electron chi connectivity index (χ4n) is 2.57. The first kappa shape index (κ1) is 15.7. The summed E-state index contributed by atoms with van der Waals surface area (Å²) in [5.74, 6) is 0.289. The molecule has 0 unspecified atom stereocenters. The van der Waals surface area contributed by atoms with Gasteiger partial charge in [0.15, 0.2) is 0 Å². The zero-order valence-electron chi connectivity index (χ0n) is 13.3. The minimum Gasteiger partial charge on any atom is -0.384 e. The molecule has 0 aliphatic heterocycles. The van der Waals surface area contributed by atoms with Gasteiger partial charge in [-0.3, -0.25) is 4.79 Å². The van der Waals surface area contributed by atoms with Crippen molar-refractivity contribution in [3.8, 4) is 0 Å². The minimum atomic E-state index is -0.0585. The lowest BCUT2D eigenvalue weighted by Crippen LogP contribution is -2.30. The van der Waals surface area contributed by atoms with Crippen molar-refractivity contribution in [3.63, 3.8) is 0 Å². The van der Waals surface area contributed by atoms with Gasteiger partial charge in [0, 0.05) is 24.8 Å². The minimum absolute atomic E-state index is 0.0585. The molecule has 4 nitrogen and oxygen atoms in total. The van der Waals surface area contributed by atoms with Crippen molar-refractivity contribution >= 4 is 11.7 Å². The van der Waals surface area contributed by atoms with E-state index in [0.29, 0.717) is 24.5 Å². The average molecular weight is 317 g/mol. The third kappa shape index (κ3) is 3.98. The van der Waals surface area contributed by atoms with Crippen molar-refractivity contribution in [2.24, 2.45) is 0 Å². The van der Waals surface area contributed by atoms with E-state index < -0.39 is 0 Å². The fraction of sp³-hybridized carbons (Fsp3) is 0.100. The molecule has 3 rings (SSSR count). The molecule has 1 heterocycles. The van der Waals surface area contributed by atoms with Gasteiger partial charge in [0.1, 0.15) is 5.82 Å². The summed E-state index contributed by atoms with van der Waals surface area (Å²) in [5.41, 5.74) is 8.44. The van der Waals surface area contributed by atoms with Crippen LogP contribution in [0.2, 0.25) is 0 Å². The predicted octanol–water partition coefficient (Wildman–Crippen LogP) is 3.51. The number of nitrogen functional groups attached to an aromatic ring is 1. The van der Waals surface area contributed by atoms with Crippen LogP contribution in [0.4, 0.5) is 5.82 Å². The van der Waals surface area contributed by atoms with E-state index in [2.05, 4.69) is 4.98 Å². The van der Waals surface area contributed by atoms with Gasteiger partial charge in [-0.2, -0.15) is 0 Å².